The summed E-state index contributed by atoms with van der Waals surface area (Å²) < 4.78 is 0. The number of nitrogens with one attached hydrogen (secondary N) is 1. The molecule has 1 aliphatic heterocycles. The van der Waals surface area contributed by atoms with Gasteiger partial charge in [-0.25, -0.2) is 4.98 Å². The third kappa shape index (κ3) is 3.59. The largest absolute Gasteiger partial charge is 0.363 e. The van der Waals surface area contributed by atoms with E-state index >= 15 is 0 Å². The third-order valence-corrected chi connectivity index (χ3v) is 5.67. The minimum atomic E-state index is -0.324. The van der Waals surface area contributed by atoms with Gasteiger partial charge in [0, 0.05) is 32.4 Å². The predicted octanol–water partition coefficient (Wildman–Crippen LogP) is 2.70. The van der Waals surface area contributed by atoms with Crippen molar-refractivity contribution in [2.24, 2.45) is 0 Å². The molecule has 2 aromatic heterocycles. The molecule has 9 heteroatoms. The molecule has 1 N–H and O–H groups in total. The summed E-state index contributed by atoms with van der Waals surface area (Å²) in [4.78, 5) is 39.7. The van der Waals surface area contributed by atoms with Gasteiger partial charge in [0.1, 0.15) is 11.5 Å². The molecule has 0 saturated carbocycles. The molecule has 5 rings (SSSR count). The first kappa shape index (κ1) is 19.1. The molecule has 0 aliphatic carbocycles. The van der Waals surface area contributed by atoms with Crippen LogP contribution in [0.1, 0.15) is 5.82 Å². The molecule has 0 spiro atoms. The quantitative estimate of drug-likeness (QED) is 0.402. The van der Waals surface area contributed by atoms with Crippen LogP contribution >= 0.6 is 0 Å². The van der Waals surface area contributed by atoms with Gasteiger partial charge in [-0.05, 0) is 36.4 Å². The summed E-state index contributed by atoms with van der Waals surface area (Å²) in [6, 6.07) is 14.3. The van der Waals surface area contributed by atoms with Crippen molar-refractivity contribution in [1.29, 1.82) is 0 Å². The lowest BCUT2D eigenvalue weighted by atomic mass is 10.1. The van der Waals surface area contributed by atoms with Gasteiger partial charge in [-0.3, -0.25) is 24.8 Å². The molecule has 156 valence electrons. The van der Waals surface area contributed by atoms with Crippen LogP contribution < -0.4 is 10.5 Å². The summed E-state index contributed by atoms with van der Waals surface area (Å²) >= 11 is 0. The van der Waals surface area contributed by atoms with E-state index in [0.717, 1.165) is 0 Å². The second kappa shape index (κ2) is 7.77. The summed E-state index contributed by atoms with van der Waals surface area (Å²) in [5.74, 6) is 0.625. The number of para-hydroxylation sites is 1. The van der Waals surface area contributed by atoms with Crippen LogP contribution in [0.4, 0.5) is 11.4 Å². The van der Waals surface area contributed by atoms with Crippen molar-refractivity contribution in [3.8, 4) is 0 Å². The normalized spacial score (nSPS) is 14.9. The van der Waals surface area contributed by atoms with Crippen molar-refractivity contribution in [3.05, 3.63) is 81.0 Å². The molecule has 0 bridgehead atoms. The number of hydrogen-bond donors (Lipinski definition) is 1. The molecule has 0 unspecified atom stereocenters. The van der Waals surface area contributed by atoms with Crippen LogP contribution in [0.3, 0.4) is 0 Å². The second-order valence-electron chi connectivity index (χ2n) is 7.55. The van der Waals surface area contributed by atoms with Crippen LogP contribution in [0.15, 0.2) is 59.5 Å². The van der Waals surface area contributed by atoms with E-state index in [2.05, 4.69) is 19.9 Å². The molecule has 1 saturated heterocycles. The van der Waals surface area contributed by atoms with E-state index in [1.54, 1.807) is 30.5 Å². The lowest BCUT2D eigenvalue weighted by Crippen LogP contribution is -2.46. The Morgan fingerprint density at radius 1 is 0.968 bits per heavy atom. The average molecular weight is 416 g/mol. The number of anilines is 1. The van der Waals surface area contributed by atoms with E-state index in [1.165, 1.54) is 0 Å². The Morgan fingerprint density at radius 2 is 1.74 bits per heavy atom. The number of hydrogen-bond acceptors (Lipinski definition) is 7. The fraction of sp³-hybridized carbons (Fsp3) is 0.227. The first-order valence-corrected chi connectivity index (χ1v) is 10.1. The molecule has 3 heterocycles. The van der Waals surface area contributed by atoms with Crippen molar-refractivity contribution >= 4 is 33.2 Å². The molecule has 4 aromatic rings. The summed E-state index contributed by atoms with van der Waals surface area (Å²) in [5.41, 5.74) is 1.87. The lowest BCUT2D eigenvalue weighted by molar-refractivity contribution is -0.382. The highest BCUT2D eigenvalue weighted by molar-refractivity contribution is 5.94. The molecule has 2 aromatic carbocycles. The van der Waals surface area contributed by atoms with Gasteiger partial charge in [0.05, 0.1) is 33.3 Å². The van der Waals surface area contributed by atoms with E-state index in [0.29, 0.717) is 66.0 Å². The van der Waals surface area contributed by atoms with Crippen molar-refractivity contribution in [3.63, 3.8) is 0 Å². The standard InChI is InChI=1S/C22H20N6O3/c29-22-16-4-1-2-6-18(16)24-20(25-22)14-26-10-12-27(13-11-26)19-8-7-17-15(5-3-9-23-17)21(19)28(30)31/h1-9H,10-14H2,(H,24,25,29). The molecule has 0 amide bonds. The van der Waals surface area contributed by atoms with Crippen LogP contribution in [0.5, 0.6) is 0 Å². The smallest absolute Gasteiger partial charge is 0.301 e. The van der Waals surface area contributed by atoms with Gasteiger partial charge < -0.3 is 9.88 Å². The van der Waals surface area contributed by atoms with Crippen LogP contribution in [0.2, 0.25) is 0 Å². The number of aromatic nitrogens is 3. The molecular weight excluding hydrogens is 396 g/mol. The maximum Gasteiger partial charge on any atom is 0.301 e. The highest BCUT2D eigenvalue weighted by atomic mass is 16.6. The number of piperazine rings is 1. The molecular formula is C22H20N6O3. The van der Waals surface area contributed by atoms with Gasteiger partial charge in [-0.2, -0.15) is 0 Å². The van der Waals surface area contributed by atoms with Gasteiger partial charge in [0.15, 0.2) is 0 Å². The molecule has 9 nitrogen and oxygen atoms in total. The van der Waals surface area contributed by atoms with Gasteiger partial charge in [0.25, 0.3) is 5.56 Å². The zero-order chi connectivity index (χ0) is 21.4. The van der Waals surface area contributed by atoms with E-state index in [9.17, 15) is 14.9 Å². The first-order chi connectivity index (χ1) is 15.1. The molecule has 31 heavy (non-hydrogen) atoms. The highest BCUT2D eigenvalue weighted by Crippen LogP contribution is 2.35. The molecule has 1 aliphatic rings. The average Bonchev–Trinajstić information content (AvgIpc) is 2.79. The van der Waals surface area contributed by atoms with Crippen molar-refractivity contribution in [2.45, 2.75) is 6.54 Å². The minimum absolute atomic E-state index is 0.0968. The van der Waals surface area contributed by atoms with Gasteiger partial charge in [-0.15, -0.1) is 0 Å². The van der Waals surface area contributed by atoms with Crippen molar-refractivity contribution in [2.75, 3.05) is 31.1 Å². The number of aromatic amines is 1. The highest BCUT2D eigenvalue weighted by Gasteiger charge is 2.26. The van der Waals surface area contributed by atoms with Gasteiger partial charge >= 0.3 is 5.69 Å². The zero-order valence-corrected chi connectivity index (χ0v) is 16.7. The first-order valence-electron chi connectivity index (χ1n) is 10.1. The molecule has 1 fully saturated rings. The van der Waals surface area contributed by atoms with E-state index in [-0.39, 0.29) is 16.2 Å². The summed E-state index contributed by atoms with van der Waals surface area (Å²) in [6.45, 7) is 3.23. The Kier molecular flexibility index (Phi) is 4.79. The van der Waals surface area contributed by atoms with Crippen LogP contribution in [0.25, 0.3) is 21.8 Å². The Balaban J connectivity index is 1.35. The Bertz CT molecular complexity index is 1340. The number of pyridine rings is 1. The number of nitro benzene ring substituents is 1. The van der Waals surface area contributed by atoms with Crippen molar-refractivity contribution in [1.82, 2.24) is 19.9 Å². The monoisotopic (exact) mass is 416 g/mol. The van der Waals surface area contributed by atoms with Crippen molar-refractivity contribution < 1.29 is 4.92 Å². The summed E-state index contributed by atoms with van der Waals surface area (Å²) in [5, 5.41) is 12.9. The maximum absolute atomic E-state index is 12.3. The number of H-pyrrole nitrogens is 1. The number of benzene rings is 2. The number of rotatable bonds is 4. The lowest BCUT2D eigenvalue weighted by Gasteiger charge is -2.35. The fourth-order valence-corrected chi connectivity index (χ4v) is 4.14. The number of nitro groups is 1. The van der Waals surface area contributed by atoms with E-state index in [1.807, 2.05) is 29.2 Å². The molecule has 0 radical (unpaired) electrons. The van der Waals surface area contributed by atoms with E-state index in [4.69, 9.17) is 0 Å². The summed E-state index contributed by atoms with van der Waals surface area (Å²) in [7, 11) is 0. The second-order valence-corrected chi connectivity index (χ2v) is 7.55. The zero-order valence-electron chi connectivity index (χ0n) is 16.7. The minimum Gasteiger partial charge on any atom is -0.363 e. The van der Waals surface area contributed by atoms with Crippen LogP contribution in [0, 0.1) is 10.1 Å². The topological polar surface area (TPSA) is 108 Å². The number of fused-ring (bicyclic) bond motifs is 2. The maximum atomic E-state index is 12.3. The third-order valence-electron chi connectivity index (χ3n) is 5.67. The van der Waals surface area contributed by atoms with E-state index < -0.39 is 0 Å². The predicted molar refractivity (Wildman–Crippen MR) is 118 cm³/mol. The Labute approximate surface area is 177 Å². The number of nitrogens with zero attached hydrogens (tertiary/aromatic N) is 5. The molecule has 0 atom stereocenters. The van der Waals surface area contributed by atoms with Gasteiger partial charge in [0.2, 0.25) is 0 Å². The SMILES string of the molecule is O=c1[nH]c(CN2CCN(c3ccc4ncccc4c3[N+](=O)[O-])CC2)nc2ccccc12. The van der Waals surface area contributed by atoms with Crippen LogP contribution in [-0.2, 0) is 6.54 Å². The summed E-state index contributed by atoms with van der Waals surface area (Å²) in [6.07, 6.45) is 1.63. The Morgan fingerprint density at radius 3 is 2.55 bits per heavy atom. The van der Waals surface area contributed by atoms with Gasteiger partial charge in [-0.1, -0.05) is 12.1 Å². The van der Waals surface area contributed by atoms with Crippen LogP contribution in [-0.4, -0.2) is 51.0 Å². The Hall–Kier alpha value is -3.85. The fourth-order valence-electron chi connectivity index (χ4n) is 4.14.